The van der Waals surface area contributed by atoms with Gasteiger partial charge in [-0.15, -0.1) is 22.7 Å². The van der Waals surface area contributed by atoms with Gasteiger partial charge in [0.1, 0.15) is 33.0 Å². The Hall–Kier alpha value is -4.00. The summed E-state index contributed by atoms with van der Waals surface area (Å²) in [4.78, 5) is 24.0. The van der Waals surface area contributed by atoms with Crippen LogP contribution in [0.2, 0.25) is 0 Å². The number of aromatic nitrogens is 3. The molecule has 1 N–H and O–H groups in total. The fraction of sp³-hybridized carbons (Fsp3) is 0.154. The normalized spacial score (nSPS) is 12.0. The number of aliphatic hydroxyl groups excluding tert-OH is 1. The van der Waals surface area contributed by atoms with Crippen molar-refractivity contribution >= 4 is 48.7 Å². The molecule has 3 aromatic heterocycles. The highest BCUT2D eigenvalue weighted by Gasteiger charge is 2.19. The molecule has 0 aliphatic carbocycles. The highest BCUT2D eigenvalue weighted by Crippen LogP contribution is 2.36. The number of ether oxygens (including phenoxy) is 1. The number of nitriles is 1. The fourth-order valence-electron chi connectivity index (χ4n) is 3.94. The predicted molar refractivity (Wildman–Crippen MR) is 140 cm³/mol. The van der Waals surface area contributed by atoms with Gasteiger partial charge in [0, 0.05) is 10.4 Å². The lowest BCUT2D eigenvalue weighted by Gasteiger charge is -2.08. The maximum Gasteiger partial charge on any atom is 0.263 e. The van der Waals surface area contributed by atoms with E-state index >= 15 is 0 Å². The number of fused-ring (bicyclic) bond motifs is 2. The van der Waals surface area contributed by atoms with Crippen molar-refractivity contribution in [1.29, 1.82) is 5.26 Å². The third-order valence-electron chi connectivity index (χ3n) is 5.54. The van der Waals surface area contributed by atoms with Gasteiger partial charge in [0.15, 0.2) is 0 Å². The second-order valence-corrected chi connectivity index (χ2v) is 10.0. The zero-order chi connectivity index (χ0) is 24.5. The number of hydrogen-bond acceptors (Lipinski definition) is 8. The molecular weight excluding hydrogens is 480 g/mol. The Bertz CT molecular complexity index is 1660. The van der Waals surface area contributed by atoms with Gasteiger partial charge >= 0.3 is 0 Å². The molecule has 0 atom stereocenters. The number of aliphatic hydroxyl groups is 1. The summed E-state index contributed by atoms with van der Waals surface area (Å²) in [6, 6.07) is 17.2. The first-order chi connectivity index (χ1) is 17.0. The van der Waals surface area contributed by atoms with E-state index in [4.69, 9.17) is 4.74 Å². The molecule has 5 rings (SSSR count). The van der Waals surface area contributed by atoms with E-state index in [0.29, 0.717) is 21.8 Å². The SMILES string of the molecule is CCOc1ccc(-c2c(C)sc3ncn(C/C(O)=C(\C#N)c4nc5ccccc5s4)c(=O)c23)cc1. The highest BCUT2D eigenvalue weighted by atomic mass is 32.1. The Kier molecular flexibility index (Phi) is 6.07. The van der Waals surface area contributed by atoms with Gasteiger partial charge < -0.3 is 9.84 Å². The number of hydrogen-bond donors (Lipinski definition) is 1. The zero-order valence-electron chi connectivity index (χ0n) is 19.0. The number of nitrogens with zero attached hydrogens (tertiary/aromatic N) is 4. The Morgan fingerprint density at radius 1 is 1.17 bits per heavy atom. The summed E-state index contributed by atoms with van der Waals surface area (Å²) in [5.74, 6) is 0.530. The summed E-state index contributed by atoms with van der Waals surface area (Å²) in [7, 11) is 0. The van der Waals surface area contributed by atoms with Crippen LogP contribution >= 0.6 is 22.7 Å². The summed E-state index contributed by atoms with van der Waals surface area (Å²) >= 11 is 2.77. The second kappa shape index (κ2) is 9.33. The fourth-order valence-corrected chi connectivity index (χ4v) is 5.92. The van der Waals surface area contributed by atoms with E-state index in [9.17, 15) is 15.2 Å². The van der Waals surface area contributed by atoms with Crippen molar-refractivity contribution in [1.82, 2.24) is 14.5 Å². The van der Waals surface area contributed by atoms with Crippen LogP contribution in [0.5, 0.6) is 5.75 Å². The second-order valence-electron chi connectivity index (χ2n) is 7.77. The van der Waals surface area contributed by atoms with Gasteiger partial charge in [-0.25, -0.2) is 9.97 Å². The number of para-hydroxylation sites is 1. The predicted octanol–water partition coefficient (Wildman–Crippen LogP) is 5.93. The molecule has 35 heavy (non-hydrogen) atoms. The van der Waals surface area contributed by atoms with Gasteiger partial charge in [-0.2, -0.15) is 5.26 Å². The molecule has 3 heterocycles. The molecule has 0 spiro atoms. The third-order valence-corrected chi connectivity index (χ3v) is 7.60. The van der Waals surface area contributed by atoms with Gasteiger partial charge in [-0.1, -0.05) is 24.3 Å². The number of rotatable bonds is 6. The number of thiazole rings is 1. The molecule has 7 nitrogen and oxygen atoms in total. The minimum atomic E-state index is -0.281. The number of aryl methyl sites for hydroxylation is 1. The smallest absolute Gasteiger partial charge is 0.263 e. The maximum atomic E-state index is 13.5. The zero-order valence-corrected chi connectivity index (χ0v) is 20.6. The van der Waals surface area contributed by atoms with Crippen molar-refractivity contribution in [3.05, 3.63) is 80.9 Å². The van der Waals surface area contributed by atoms with Crippen LogP contribution in [-0.4, -0.2) is 26.2 Å². The van der Waals surface area contributed by atoms with Crippen LogP contribution < -0.4 is 10.3 Å². The van der Waals surface area contributed by atoms with Crippen LogP contribution in [0.3, 0.4) is 0 Å². The van der Waals surface area contributed by atoms with Gasteiger partial charge in [-0.3, -0.25) is 9.36 Å². The molecule has 9 heteroatoms. The van der Waals surface area contributed by atoms with E-state index in [1.807, 2.05) is 68.4 Å². The van der Waals surface area contributed by atoms with Crippen LogP contribution in [0, 0.1) is 18.3 Å². The van der Waals surface area contributed by atoms with Crippen molar-refractivity contribution in [2.45, 2.75) is 20.4 Å². The first-order valence-electron chi connectivity index (χ1n) is 10.9. The first-order valence-corrected chi connectivity index (χ1v) is 12.5. The van der Waals surface area contributed by atoms with Gasteiger partial charge in [0.2, 0.25) is 0 Å². The lowest BCUT2D eigenvalue weighted by atomic mass is 10.0. The summed E-state index contributed by atoms with van der Waals surface area (Å²) in [6.45, 7) is 4.28. The molecule has 0 aliphatic heterocycles. The van der Waals surface area contributed by atoms with Gasteiger partial charge in [0.05, 0.1) is 35.1 Å². The van der Waals surface area contributed by atoms with Crippen LogP contribution in [0.15, 0.2) is 65.4 Å². The molecule has 0 bridgehead atoms. The van der Waals surface area contributed by atoms with E-state index in [1.54, 1.807) is 0 Å². The minimum absolute atomic E-state index is 0.0476. The molecule has 0 unspecified atom stereocenters. The summed E-state index contributed by atoms with van der Waals surface area (Å²) in [5, 5.41) is 21.5. The van der Waals surface area contributed by atoms with Crippen molar-refractivity contribution in [2.24, 2.45) is 0 Å². The van der Waals surface area contributed by atoms with Crippen molar-refractivity contribution in [2.75, 3.05) is 6.61 Å². The highest BCUT2D eigenvalue weighted by molar-refractivity contribution is 7.19. The topological polar surface area (TPSA) is 101 Å². The lowest BCUT2D eigenvalue weighted by Crippen LogP contribution is -2.21. The van der Waals surface area contributed by atoms with E-state index in [1.165, 1.54) is 33.6 Å². The Balaban J connectivity index is 1.57. The quantitative estimate of drug-likeness (QED) is 0.229. The lowest BCUT2D eigenvalue weighted by molar-refractivity contribution is 0.340. The molecule has 0 radical (unpaired) electrons. The molecule has 0 saturated heterocycles. The summed E-state index contributed by atoms with van der Waals surface area (Å²) in [5.41, 5.74) is 2.22. The van der Waals surface area contributed by atoms with Crippen LogP contribution in [0.25, 0.3) is 37.1 Å². The minimum Gasteiger partial charge on any atom is -0.509 e. The van der Waals surface area contributed by atoms with Gasteiger partial charge in [-0.05, 0) is 43.7 Å². The number of allylic oxidation sites excluding steroid dienone is 2. The van der Waals surface area contributed by atoms with Crippen LogP contribution in [0.1, 0.15) is 16.8 Å². The Morgan fingerprint density at radius 3 is 2.66 bits per heavy atom. The van der Waals surface area contributed by atoms with Crippen molar-refractivity contribution < 1.29 is 9.84 Å². The molecule has 174 valence electrons. The van der Waals surface area contributed by atoms with E-state index in [2.05, 4.69) is 9.97 Å². The standard InChI is InChI=1S/C26H20N4O3S2/c1-3-33-17-10-8-16(9-11-17)22-15(2)34-25-23(22)26(32)30(14-28-25)13-20(31)18(12-27)24-29-19-6-4-5-7-21(19)35-24/h4-11,14,31H,3,13H2,1-2H3/b20-18-. The van der Waals surface area contributed by atoms with Crippen LogP contribution in [-0.2, 0) is 6.54 Å². The molecule has 0 aliphatic rings. The van der Waals surface area contributed by atoms with Gasteiger partial charge in [0.25, 0.3) is 5.56 Å². The molecular formula is C26H20N4O3S2. The van der Waals surface area contributed by atoms with E-state index < -0.39 is 0 Å². The first kappa shape index (κ1) is 22.8. The average Bonchev–Trinajstić information content (AvgIpc) is 3.43. The third kappa shape index (κ3) is 4.18. The molecule has 2 aromatic carbocycles. The maximum absolute atomic E-state index is 13.5. The summed E-state index contributed by atoms with van der Waals surface area (Å²) in [6.07, 6.45) is 1.41. The number of benzene rings is 2. The van der Waals surface area contributed by atoms with Crippen LogP contribution in [0.4, 0.5) is 0 Å². The molecule has 0 fully saturated rings. The van der Waals surface area contributed by atoms with E-state index in [-0.39, 0.29) is 23.4 Å². The van der Waals surface area contributed by atoms with Crippen molar-refractivity contribution in [3.63, 3.8) is 0 Å². The number of thiophene rings is 1. The molecule has 0 amide bonds. The molecule has 5 aromatic rings. The average molecular weight is 501 g/mol. The monoisotopic (exact) mass is 500 g/mol. The summed E-state index contributed by atoms with van der Waals surface area (Å²) < 4.78 is 7.77. The Labute approximate surface area is 208 Å². The van der Waals surface area contributed by atoms with E-state index in [0.717, 1.165) is 32.0 Å². The van der Waals surface area contributed by atoms with Crippen molar-refractivity contribution in [3.8, 4) is 22.9 Å². The largest absolute Gasteiger partial charge is 0.509 e. The molecule has 0 saturated carbocycles. The Morgan fingerprint density at radius 2 is 1.94 bits per heavy atom.